The van der Waals surface area contributed by atoms with Crippen LogP contribution in [0.4, 0.5) is 4.79 Å². The van der Waals surface area contributed by atoms with Gasteiger partial charge in [-0.2, -0.15) is 0 Å². The first kappa shape index (κ1) is 24.5. The predicted octanol–water partition coefficient (Wildman–Crippen LogP) is 5.00. The summed E-state index contributed by atoms with van der Waals surface area (Å²) < 4.78 is 21.2. The van der Waals surface area contributed by atoms with Crippen LogP contribution in [0.1, 0.15) is 17.5 Å². The van der Waals surface area contributed by atoms with Crippen LogP contribution in [0.3, 0.4) is 0 Å². The fourth-order valence-electron chi connectivity index (χ4n) is 3.68. The van der Waals surface area contributed by atoms with Crippen molar-refractivity contribution < 1.29 is 28.2 Å². The molecule has 1 amide bonds. The van der Waals surface area contributed by atoms with Gasteiger partial charge in [0.1, 0.15) is 23.7 Å². The average Bonchev–Trinajstić information content (AvgIpc) is 2.89. The molecule has 0 saturated heterocycles. The molecule has 1 aromatic heterocycles. The first-order valence-corrected chi connectivity index (χ1v) is 11.3. The summed E-state index contributed by atoms with van der Waals surface area (Å²) in [4.78, 5) is 36.5. The lowest BCUT2D eigenvalue weighted by Gasteiger charge is -2.12. The highest BCUT2D eigenvalue weighted by Crippen LogP contribution is 2.33. The Hall–Kier alpha value is -4.59. The van der Waals surface area contributed by atoms with E-state index >= 15 is 0 Å². The molecule has 0 aliphatic heterocycles. The highest BCUT2D eigenvalue weighted by molar-refractivity contribution is 5.96. The summed E-state index contributed by atoms with van der Waals surface area (Å²) >= 11 is 0. The van der Waals surface area contributed by atoms with Gasteiger partial charge >= 0.3 is 17.7 Å². The van der Waals surface area contributed by atoms with Crippen molar-refractivity contribution >= 4 is 23.0 Å². The van der Waals surface area contributed by atoms with E-state index < -0.39 is 17.7 Å². The van der Waals surface area contributed by atoms with Gasteiger partial charge in [0.25, 0.3) is 0 Å². The fourth-order valence-corrected chi connectivity index (χ4v) is 3.68. The molecule has 4 aromatic rings. The maximum atomic E-state index is 12.4. The van der Waals surface area contributed by atoms with E-state index in [-0.39, 0.29) is 25.3 Å². The number of benzene rings is 3. The summed E-state index contributed by atoms with van der Waals surface area (Å²) in [7, 11) is 1.58. The summed E-state index contributed by atoms with van der Waals surface area (Å²) in [6.07, 6.45) is -0.685. The van der Waals surface area contributed by atoms with Crippen molar-refractivity contribution in [2.45, 2.75) is 20.0 Å². The van der Waals surface area contributed by atoms with Gasteiger partial charge in [0.15, 0.2) is 0 Å². The number of fused-ring (bicyclic) bond motifs is 1. The zero-order chi connectivity index (χ0) is 25.5. The molecule has 1 N–H and O–H groups in total. The quantitative estimate of drug-likeness (QED) is 0.212. The Labute approximate surface area is 207 Å². The molecule has 0 saturated carbocycles. The van der Waals surface area contributed by atoms with Crippen LogP contribution < -0.4 is 20.4 Å². The minimum absolute atomic E-state index is 0.0514. The van der Waals surface area contributed by atoms with Gasteiger partial charge in [-0.05, 0) is 47.9 Å². The van der Waals surface area contributed by atoms with Crippen molar-refractivity contribution in [1.29, 1.82) is 0 Å². The summed E-state index contributed by atoms with van der Waals surface area (Å²) in [6.45, 7) is 1.90. The molecule has 0 unspecified atom stereocenters. The van der Waals surface area contributed by atoms with Crippen molar-refractivity contribution in [1.82, 2.24) is 5.32 Å². The van der Waals surface area contributed by atoms with Gasteiger partial charge in [-0.3, -0.25) is 4.79 Å². The van der Waals surface area contributed by atoms with Gasteiger partial charge in [0.2, 0.25) is 0 Å². The molecular weight excluding hydrogens is 462 g/mol. The molecule has 184 valence electrons. The first-order valence-electron chi connectivity index (χ1n) is 11.3. The fraction of sp³-hybridized carbons (Fsp3) is 0.179. The van der Waals surface area contributed by atoms with E-state index in [9.17, 15) is 14.4 Å². The van der Waals surface area contributed by atoms with Gasteiger partial charge in [-0.25, -0.2) is 9.59 Å². The number of carbonyl (C=O) groups is 2. The van der Waals surface area contributed by atoms with Crippen molar-refractivity contribution in [3.05, 3.63) is 94.3 Å². The minimum Gasteiger partial charge on any atom is -0.497 e. The molecule has 4 rings (SSSR count). The van der Waals surface area contributed by atoms with Gasteiger partial charge < -0.3 is 23.9 Å². The zero-order valence-corrected chi connectivity index (χ0v) is 19.9. The van der Waals surface area contributed by atoms with Crippen LogP contribution in [0.25, 0.3) is 22.1 Å². The third-order valence-corrected chi connectivity index (χ3v) is 5.55. The second kappa shape index (κ2) is 11.2. The van der Waals surface area contributed by atoms with Crippen LogP contribution in [0.15, 0.2) is 82.0 Å². The molecule has 1 heterocycles. The standard InChI is InChI=1S/C28H25NO7/c1-18-24(35-25(30)14-15-29-28(32)34-17-19-6-4-3-5-7-19)13-12-22-23(16-26(31)36-27(18)22)20-8-10-21(33-2)11-9-20/h3-13,16H,14-15,17H2,1-2H3,(H,29,32). The molecule has 3 aromatic carbocycles. The monoisotopic (exact) mass is 487 g/mol. The Bertz CT molecular complexity index is 1430. The van der Waals surface area contributed by atoms with Crippen molar-refractivity contribution in [2.75, 3.05) is 13.7 Å². The van der Waals surface area contributed by atoms with Crippen molar-refractivity contribution in [2.24, 2.45) is 0 Å². The van der Waals surface area contributed by atoms with E-state index in [0.29, 0.717) is 27.8 Å². The number of hydrogen-bond acceptors (Lipinski definition) is 7. The number of hydrogen-bond donors (Lipinski definition) is 1. The molecule has 0 aliphatic carbocycles. The molecule has 0 spiro atoms. The zero-order valence-electron chi connectivity index (χ0n) is 19.9. The van der Waals surface area contributed by atoms with Gasteiger partial charge in [0, 0.05) is 23.6 Å². The number of alkyl carbamates (subject to hydrolysis) is 1. The number of nitrogens with one attached hydrogen (secondary N) is 1. The van der Waals surface area contributed by atoms with Gasteiger partial charge in [-0.1, -0.05) is 42.5 Å². The Kier molecular flexibility index (Phi) is 7.65. The Morgan fingerprint density at radius 1 is 0.972 bits per heavy atom. The maximum absolute atomic E-state index is 12.4. The van der Waals surface area contributed by atoms with E-state index in [1.165, 1.54) is 6.07 Å². The third-order valence-electron chi connectivity index (χ3n) is 5.55. The average molecular weight is 488 g/mol. The first-order chi connectivity index (χ1) is 17.4. The lowest BCUT2D eigenvalue weighted by Crippen LogP contribution is -2.27. The Morgan fingerprint density at radius 3 is 2.44 bits per heavy atom. The Morgan fingerprint density at radius 2 is 1.72 bits per heavy atom. The number of ether oxygens (including phenoxy) is 3. The normalized spacial score (nSPS) is 10.6. The number of amides is 1. The molecule has 8 heteroatoms. The van der Waals surface area contributed by atoms with Gasteiger partial charge in [0.05, 0.1) is 13.5 Å². The highest BCUT2D eigenvalue weighted by Gasteiger charge is 2.16. The maximum Gasteiger partial charge on any atom is 0.407 e. The Balaban J connectivity index is 1.40. The number of esters is 1. The molecule has 0 aliphatic rings. The molecule has 0 atom stereocenters. The number of aryl methyl sites for hydroxylation is 1. The topological polar surface area (TPSA) is 104 Å². The predicted molar refractivity (Wildman–Crippen MR) is 134 cm³/mol. The summed E-state index contributed by atoms with van der Waals surface area (Å²) in [5.41, 5.74) is 2.72. The SMILES string of the molecule is COc1ccc(-c2cc(=O)oc3c(C)c(OC(=O)CCNC(=O)OCc4ccccc4)ccc23)cc1. The smallest absolute Gasteiger partial charge is 0.407 e. The summed E-state index contributed by atoms with van der Waals surface area (Å²) in [5, 5.41) is 3.23. The molecule has 0 bridgehead atoms. The highest BCUT2D eigenvalue weighted by atomic mass is 16.5. The number of rotatable bonds is 8. The van der Waals surface area contributed by atoms with Crippen LogP contribution in [0.2, 0.25) is 0 Å². The van der Waals surface area contributed by atoms with Crippen molar-refractivity contribution in [3.63, 3.8) is 0 Å². The van der Waals surface area contributed by atoms with Crippen molar-refractivity contribution in [3.8, 4) is 22.6 Å². The third kappa shape index (κ3) is 5.90. The van der Waals surface area contributed by atoms with Crippen LogP contribution in [-0.4, -0.2) is 25.7 Å². The summed E-state index contributed by atoms with van der Waals surface area (Å²) in [6, 6.07) is 21.4. The van der Waals surface area contributed by atoms with E-state index in [1.54, 1.807) is 26.2 Å². The molecular formula is C28H25NO7. The summed E-state index contributed by atoms with van der Waals surface area (Å²) in [5.74, 6) is 0.430. The largest absolute Gasteiger partial charge is 0.497 e. The van der Waals surface area contributed by atoms with E-state index in [2.05, 4.69) is 5.32 Å². The van der Waals surface area contributed by atoms with E-state index in [1.807, 2.05) is 54.6 Å². The van der Waals surface area contributed by atoms with Crippen LogP contribution >= 0.6 is 0 Å². The van der Waals surface area contributed by atoms with Crippen LogP contribution in [-0.2, 0) is 16.1 Å². The molecule has 0 fully saturated rings. The second-order valence-corrected chi connectivity index (χ2v) is 7.99. The van der Waals surface area contributed by atoms with Crippen LogP contribution in [0.5, 0.6) is 11.5 Å². The minimum atomic E-state index is -0.624. The lowest BCUT2D eigenvalue weighted by atomic mass is 10.00. The molecule has 8 nitrogen and oxygen atoms in total. The molecule has 0 radical (unpaired) electrons. The van der Waals surface area contributed by atoms with Gasteiger partial charge in [-0.15, -0.1) is 0 Å². The molecule has 36 heavy (non-hydrogen) atoms. The van der Waals surface area contributed by atoms with E-state index in [0.717, 1.165) is 11.1 Å². The number of methoxy groups -OCH3 is 1. The lowest BCUT2D eigenvalue weighted by molar-refractivity contribution is -0.134. The second-order valence-electron chi connectivity index (χ2n) is 7.99. The van der Waals surface area contributed by atoms with E-state index in [4.69, 9.17) is 18.6 Å². The number of carbonyl (C=O) groups excluding carboxylic acids is 2. The van der Waals surface area contributed by atoms with Crippen LogP contribution in [0, 0.1) is 6.92 Å².